The van der Waals surface area contributed by atoms with Gasteiger partial charge in [0.25, 0.3) is 5.91 Å². The Labute approximate surface area is 202 Å². The van der Waals surface area contributed by atoms with Gasteiger partial charge in [0.1, 0.15) is 18.3 Å². The third-order valence-corrected chi connectivity index (χ3v) is 7.33. The number of nitrogens with one attached hydrogen (secondary N) is 3. The maximum atomic E-state index is 13.3. The zero-order chi connectivity index (χ0) is 24.9. The minimum absolute atomic E-state index is 0.256. The van der Waals surface area contributed by atoms with Gasteiger partial charge in [0.15, 0.2) is 0 Å². The Morgan fingerprint density at radius 3 is 2.54 bits per heavy atom. The zero-order valence-corrected chi connectivity index (χ0v) is 19.8. The molecule has 1 aromatic heterocycles. The predicted molar refractivity (Wildman–Crippen MR) is 124 cm³/mol. The smallest absolute Gasteiger partial charge is 0.253 e. The quantitative estimate of drug-likeness (QED) is 0.311. The van der Waals surface area contributed by atoms with Crippen LogP contribution in [-0.4, -0.2) is 101 Å². The van der Waals surface area contributed by atoms with Gasteiger partial charge < -0.3 is 45.5 Å². The minimum atomic E-state index is -2.05. The maximum absolute atomic E-state index is 13.3. The molecule has 1 saturated carbocycles. The highest BCUT2D eigenvalue weighted by Crippen LogP contribution is 2.42. The summed E-state index contributed by atoms with van der Waals surface area (Å²) < 4.78 is 18.1. The Kier molecular flexibility index (Phi) is 6.53. The Morgan fingerprint density at radius 2 is 1.80 bits per heavy atom. The third-order valence-electron chi connectivity index (χ3n) is 7.33. The number of rotatable bonds is 4. The summed E-state index contributed by atoms with van der Waals surface area (Å²) in [7, 11) is 3.29. The van der Waals surface area contributed by atoms with Crippen LogP contribution in [0.25, 0.3) is 10.9 Å². The molecule has 3 fully saturated rings. The largest absolute Gasteiger partial charge is 0.390 e. The monoisotopic (exact) mass is 488 g/mol. The number of ether oxygens (including phenoxy) is 3. The van der Waals surface area contributed by atoms with E-state index >= 15 is 0 Å². The Balaban J connectivity index is 1.45. The first-order chi connectivity index (χ1) is 16.8. The van der Waals surface area contributed by atoms with Gasteiger partial charge in [0, 0.05) is 11.6 Å². The summed E-state index contributed by atoms with van der Waals surface area (Å²) in [5.74, 6) is -2.47. The fourth-order valence-corrected chi connectivity index (χ4v) is 5.54. The molecule has 3 aliphatic rings. The van der Waals surface area contributed by atoms with E-state index in [1.165, 1.54) is 0 Å². The van der Waals surface area contributed by atoms with Gasteiger partial charge >= 0.3 is 0 Å². The summed E-state index contributed by atoms with van der Waals surface area (Å²) in [5, 5.41) is 43.0. The second-order valence-corrected chi connectivity index (χ2v) is 9.47. The molecule has 2 aliphatic heterocycles. The standard InChI is InChI=1S/C24H32N4O7/c1-11-10-14(28-22(31)13-8-4-6-12-7-5-9-27-15(12)13)24(32)23(33-11)34-21-19(30)16(25-2)18(29)17(26-3)20(21)35-24/h4-9,11,14,16-21,23,25-26,29-30,32H,10H2,1-3H3,(H,28,31)/t11-,14-,16-,17+,18+,19+,20?,21?,23?,24+/m1/s1. The van der Waals surface area contributed by atoms with Gasteiger partial charge in [0.05, 0.1) is 41.4 Å². The second kappa shape index (κ2) is 9.34. The summed E-state index contributed by atoms with van der Waals surface area (Å²) >= 11 is 0. The van der Waals surface area contributed by atoms with Crippen molar-refractivity contribution in [2.45, 2.75) is 74.1 Å². The van der Waals surface area contributed by atoms with Gasteiger partial charge in [-0.2, -0.15) is 0 Å². The lowest BCUT2D eigenvalue weighted by Gasteiger charge is -2.58. The first-order valence-electron chi connectivity index (χ1n) is 11.8. The number of carbonyl (C=O) groups excluding carboxylic acids is 1. The molecule has 190 valence electrons. The van der Waals surface area contributed by atoms with Crippen molar-refractivity contribution in [3.05, 3.63) is 42.1 Å². The fourth-order valence-electron chi connectivity index (χ4n) is 5.54. The van der Waals surface area contributed by atoms with Crippen LogP contribution in [0.15, 0.2) is 36.5 Å². The average Bonchev–Trinajstić information content (AvgIpc) is 2.84. The van der Waals surface area contributed by atoms with E-state index in [1.54, 1.807) is 38.5 Å². The number of aliphatic hydroxyl groups excluding tert-OH is 2. The molecule has 11 nitrogen and oxygen atoms in total. The van der Waals surface area contributed by atoms with Crippen LogP contribution in [0.1, 0.15) is 23.7 Å². The minimum Gasteiger partial charge on any atom is -0.390 e. The number of amides is 1. The molecule has 3 heterocycles. The third kappa shape index (κ3) is 4.02. The van der Waals surface area contributed by atoms with Gasteiger partial charge in [-0.25, -0.2) is 0 Å². The van der Waals surface area contributed by atoms with Gasteiger partial charge in [-0.3, -0.25) is 9.78 Å². The highest BCUT2D eigenvalue weighted by molar-refractivity contribution is 6.05. The molecule has 1 aliphatic carbocycles. The van der Waals surface area contributed by atoms with Crippen LogP contribution in [-0.2, 0) is 14.2 Å². The molecule has 0 spiro atoms. The number of benzene rings is 1. The van der Waals surface area contributed by atoms with Crippen LogP contribution in [0.3, 0.4) is 0 Å². The fraction of sp³-hybridized carbons (Fsp3) is 0.583. The summed E-state index contributed by atoms with van der Waals surface area (Å²) in [5.41, 5.74) is 0.911. The number of para-hydroxylation sites is 1. The van der Waals surface area contributed by atoms with Gasteiger partial charge in [-0.05, 0) is 39.6 Å². The van der Waals surface area contributed by atoms with Crippen molar-refractivity contribution in [3.63, 3.8) is 0 Å². The van der Waals surface area contributed by atoms with Crippen molar-refractivity contribution in [1.29, 1.82) is 0 Å². The molecule has 11 heteroatoms. The molecule has 1 amide bonds. The summed E-state index contributed by atoms with van der Waals surface area (Å²) in [6, 6.07) is 6.74. The summed E-state index contributed by atoms with van der Waals surface area (Å²) in [6.45, 7) is 1.81. The Hall–Kier alpha value is -2.22. The van der Waals surface area contributed by atoms with Gasteiger partial charge in [0.2, 0.25) is 12.1 Å². The average molecular weight is 489 g/mol. The zero-order valence-electron chi connectivity index (χ0n) is 19.8. The first-order valence-corrected chi connectivity index (χ1v) is 11.8. The normalized spacial score (nSPS) is 41.1. The molecule has 35 heavy (non-hydrogen) atoms. The van der Waals surface area contributed by atoms with E-state index in [9.17, 15) is 20.1 Å². The summed E-state index contributed by atoms with van der Waals surface area (Å²) in [6.07, 6.45) is -3.70. The number of nitrogens with zero attached hydrogens (tertiary/aromatic N) is 1. The molecule has 3 unspecified atom stereocenters. The molecular formula is C24H32N4O7. The van der Waals surface area contributed by atoms with E-state index in [2.05, 4.69) is 20.9 Å². The number of likely N-dealkylation sites (N-methyl/N-ethyl adjacent to an activating group) is 2. The number of pyridine rings is 1. The molecule has 6 N–H and O–H groups in total. The number of aromatic nitrogens is 1. The van der Waals surface area contributed by atoms with Gasteiger partial charge in [-0.15, -0.1) is 0 Å². The molecular weight excluding hydrogens is 456 g/mol. The molecule has 0 bridgehead atoms. The number of carbonyl (C=O) groups is 1. The van der Waals surface area contributed by atoms with Crippen molar-refractivity contribution >= 4 is 16.8 Å². The van der Waals surface area contributed by atoms with Crippen molar-refractivity contribution in [2.24, 2.45) is 0 Å². The molecule has 10 atom stereocenters. The van der Waals surface area contributed by atoms with E-state index in [1.807, 2.05) is 19.1 Å². The molecule has 1 aromatic carbocycles. The SMILES string of the molecule is CN[C@@H]1[C@H](O)[C@H](NC)C2O[C@]3(O)C(OC2[C@H]1O)O[C@H](C)C[C@H]3NC(=O)c1cccc2cccnc12. The predicted octanol–water partition coefficient (Wildman–Crippen LogP) is -1.15. The van der Waals surface area contributed by atoms with Crippen molar-refractivity contribution in [2.75, 3.05) is 14.1 Å². The van der Waals surface area contributed by atoms with Crippen LogP contribution in [0, 0.1) is 0 Å². The van der Waals surface area contributed by atoms with Crippen LogP contribution in [0.4, 0.5) is 0 Å². The first kappa shape index (κ1) is 24.5. The Morgan fingerprint density at radius 1 is 1.06 bits per heavy atom. The molecule has 2 saturated heterocycles. The van der Waals surface area contributed by atoms with E-state index < -0.39 is 60.5 Å². The van der Waals surface area contributed by atoms with Crippen molar-refractivity contribution < 1.29 is 34.3 Å². The lowest BCUT2D eigenvalue weighted by atomic mass is 9.79. The summed E-state index contributed by atoms with van der Waals surface area (Å²) in [4.78, 5) is 17.7. The van der Waals surface area contributed by atoms with Crippen LogP contribution in [0.2, 0.25) is 0 Å². The van der Waals surface area contributed by atoms with Gasteiger partial charge in [-0.1, -0.05) is 18.2 Å². The van der Waals surface area contributed by atoms with Crippen molar-refractivity contribution in [3.8, 4) is 0 Å². The number of hydrogen-bond acceptors (Lipinski definition) is 10. The van der Waals surface area contributed by atoms with Crippen LogP contribution >= 0.6 is 0 Å². The maximum Gasteiger partial charge on any atom is 0.253 e. The highest BCUT2D eigenvalue weighted by atomic mass is 16.8. The number of hydrogen-bond donors (Lipinski definition) is 6. The lowest BCUT2D eigenvalue weighted by Crippen LogP contribution is -2.79. The molecule has 0 radical (unpaired) electrons. The highest BCUT2D eigenvalue weighted by Gasteiger charge is 2.63. The van der Waals surface area contributed by atoms with E-state index in [4.69, 9.17) is 14.2 Å². The van der Waals surface area contributed by atoms with Crippen molar-refractivity contribution in [1.82, 2.24) is 20.9 Å². The van der Waals surface area contributed by atoms with E-state index in [-0.39, 0.29) is 12.5 Å². The molecule has 5 rings (SSSR count). The van der Waals surface area contributed by atoms with E-state index in [0.29, 0.717) is 11.1 Å². The second-order valence-electron chi connectivity index (χ2n) is 9.47. The number of aliphatic hydroxyl groups is 3. The number of fused-ring (bicyclic) bond motifs is 3. The lowest BCUT2D eigenvalue weighted by molar-refractivity contribution is -0.448. The van der Waals surface area contributed by atoms with E-state index in [0.717, 1.165) is 5.39 Å². The van der Waals surface area contributed by atoms with Crippen LogP contribution < -0.4 is 16.0 Å². The topological polar surface area (TPSA) is 154 Å². The Bertz CT molecular complexity index is 1080. The van der Waals surface area contributed by atoms with Crippen LogP contribution in [0.5, 0.6) is 0 Å². The molecule has 2 aromatic rings.